The average molecular weight is 423 g/mol. The molecule has 0 aromatic carbocycles. The zero-order chi connectivity index (χ0) is 21.7. The Morgan fingerprint density at radius 2 is 1.67 bits per heavy atom. The molecule has 0 aromatic heterocycles. The molecule has 2 atom stereocenters. The van der Waals surface area contributed by atoms with Gasteiger partial charge in [0.15, 0.2) is 6.29 Å². The second-order valence-electron chi connectivity index (χ2n) is 8.33. The topological polar surface area (TPSA) is 44.8 Å². The summed E-state index contributed by atoms with van der Waals surface area (Å²) in [6.07, 6.45) is 27.4. The smallest absolute Gasteiger partial charge is 0.305 e. The minimum atomic E-state index is -0.111. The van der Waals surface area contributed by atoms with E-state index in [4.69, 9.17) is 9.47 Å². The molecule has 4 heteroatoms. The van der Waals surface area contributed by atoms with E-state index in [0.29, 0.717) is 6.42 Å². The van der Waals surface area contributed by atoms with Gasteiger partial charge in [0.1, 0.15) is 0 Å². The summed E-state index contributed by atoms with van der Waals surface area (Å²) in [5, 5.41) is 0. The summed E-state index contributed by atoms with van der Waals surface area (Å²) in [4.78, 5) is 11.0. The molecular formula is C26H46O4. The number of hydrogen-bond donors (Lipinski definition) is 0. The van der Waals surface area contributed by atoms with Crippen LogP contribution in [-0.4, -0.2) is 32.1 Å². The predicted octanol–water partition coefficient (Wildman–Crippen LogP) is 7.27. The number of ether oxygens (including phenoxy) is 3. The zero-order valence-corrected chi connectivity index (χ0v) is 19.6. The van der Waals surface area contributed by atoms with Crippen LogP contribution in [0.4, 0.5) is 0 Å². The van der Waals surface area contributed by atoms with E-state index in [9.17, 15) is 4.79 Å². The van der Waals surface area contributed by atoms with Crippen molar-refractivity contribution in [3.63, 3.8) is 0 Å². The number of methoxy groups -OCH3 is 1. The van der Waals surface area contributed by atoms with Gasteiger partial charge in [-0.1, -0.05) is 63.3 Å². The minimum absolute atomic E-state index is 0.00662. The molecule has 0 amide bonds. The Hall–Kier alpha value is -1.13. The number of unbranched alkanes of at least 4 members (excludes halogenated alkanes) is 8. The number of rotatable bonds is 18. The lowest BCUT2D eigenvalue weighted by Gasteiger charge is -2.26. The summed E-state index contributed by atoms with van der Waals surface area (Å²) in [5.41, 5.74) is 0. The molecule has 174 valence electrons. The number of hydrogen-bond acceptors (Lipinski definition) is 4. The van der Waals surface area contributed by atoms with Crippen molar-refractivity contribution >= 4 is 5.97 Å². The Kier molecular flexibility index (Phi) is 17.8. The molecule has 0 spiro atoms. The first-order valence-electron chi connectivity index (χ1n) is 12.4. The van der Waals surface area contributed by atoms with Crippen molar-refractivity contribution in [2.45, 2.75) is 122 Å². The van der Waals surface area contributed by atoms with Crippen molar-refractivity contribution < 1.29 is 19.0 Å². The molecule has 1 aliphatic heterocycles. The largest absolute Gasteiger partial charge is 0.469 e. The fourth-order valence-electron chi connectivity index (χ4n) is 3.63. The summed E-state index contributed by atoms with van der Waals surface area (Å²) >= 11 is 0. The maximum atomic E-state index is 11.0. The quantitative estimate of drug-likeness (QED) is 0.132. The maximum Gasteiger partial charge on any atom is 0.305 e. The number of allylic oxidation sites excluding steroid dienone is 3. The molecule has 0 aliphatic carbocycles. The first-order chi connectivity index (χ1) is 14.8. The van der Waals surface area contributed by atoms with Gasteiger partial charge >= 0.3 is 5.97 Å². The van der Waals surface area contributed by atoms with Gasteiger partial charge in [-0.3, -0.25) is 4.79 Å². The SMILES string of the molecule is CCCC[C@H](C=CCCCCCCCC=CCCCC(=O)OC)OC1CCCCO1. The molecule has 0 saturated carbocycles. The molecule has 30 heavy (non-hydrogen) atoms. The van der Waals surface area contributed by atoms with Crippen LogP contribution in [0.2, 0.25) is 0 Å². The van der Waals surface area contributed by atoms with E-state index in [-0.39, 0.29) is 18.4 Å². The molecule has 1 rings (SSSR count). The van der Waals surface area contributed by atoms with Crippen molar-refractivity contribution in [2.75, 3.05) is 13.7 Å². The van der Waals surface area contributed by atoms with E-state index in [2.05, 4.69) is 36.0 Å². The van der Waals surface area contributed by atoms with E-state index >= 15 is 0 Å². The number of esters is 1. The Morgan fingerprint density at radius 1 is 0.967 bits per heavy atom. The molecule has 1 saturated heterocycles. The van der Waals surface area contributed by atoms with E-state index in [1.54, 1.807) is 0 Å². The Morgan fingerprint density at radius 3 is 2.33 bits per heavy atom. The fraction of sp³-hybridized carbons (Fsp3) is 0.808. The van der Waals surface area contributed by atoms with Gasteiger partial charge in [0.2, 0.25) is 0 Å². The summed E-state index contributed by atoms with van der Waals surface area (Å²) in [5.74, 6) is -0.111. The highest BCUT2D eigenvalue weighted by Crippen LogP contribution is 2.19. The fourth-order valence-corrected chi connectivity index (χ4v) is 3.63. The molecule has 0 aromatic rings. The average Bonchev–Trinajstić information content (AvgIpc) is 2.77. The van der Waals surface area contributed by atoms with Crippen LogP contribution in [0.1, 0.15) is 110 Å². The first kappa shape index (κ1) is 26.9. The second kappa shape index (κ2) is 19.8. The molecule has 4 nitrogen and oxygen atoms in total. The van der Waals surface area contributed by atoms with Crippen molar-refractivity contribution in [3.05, 3.63) is 24.3 Å². The summed E-state index contributed by atoms with van der Waals surface area (Å²) in [7, 11) is 1.45. The highest BCUT2D eigenvalue weighted by Gasteiger charge is 2.17. The Bertz CT molecular complexity index is 452. The molecule has 1 unspecified atom stereocenters. The molecular weight excluding hydrogens is 376 g/mol. The van der Waals surface area contributed by atoms with Gasteiger partial charge in [-0.05, 0) is 64.2 Å². The van der Waals surface area contributed by atoms with Crippen LogP contribution >= 0.6 is 0 Å². The van der Waals surface area contributed by atoms with Crippen LogP contribution in [-0.2, 0) is 19.0 Å². The molecule has 1 fully saturated rings. The third kappa shape index (κ3) is 15.7. The highest BCUT2D eigenvalue weighted by molar-refractivity contribution is 5.69. The van der Waals surface area contributed by atoms with Gasteiger partial charge in [-0.15, -0.1) is 0 Å². The summed E-state index contributed by atoms with van der Waals surface area (Å²) in [6, 6.07) is 0. The summed E-state index contributed by atoms with van der Waals surface area (Å²) in [6.45, 7) is 3.08. The lowest BCUT2D eigenvalue weighted by atomic mass is 10.1. The van der Waals surface area contributed by atoms with Gasteiger partial charge in [-0.2, -0.15) is 0 Å². The highest BCUT2D eigenvalue weighted by atomic mass is 16.7. The second-order valence-corrected chi connectivity index (χ2v) is 8.33. The third-order valence-corrected chi connectivity index (χ3v) is 5.55. The molecule has 0 N–H and O–H groups in total. The Balaban J connectivity index is 1.99. The van der Waals surface area contributed by atoms with Crippen LogP contribution < -0.4 is 0 Å². The molecule has 1 heterocycles. The van der Waals surface area contributed by atoms with E-state index in [0.717, 1.165) is 45.1 Å². The van der Waals surface area contributed by atoms with Crippen LogP contribution in [0.5, 0.6) is 0 Å². The van der Waals surface area contributed by atoms with Crippen LogP contribution in [0.25, 0.3) is 0 Å². The Labute approximate surface area is 185 Å². The van der Waals surface area contributed by atoms with Crippen molar-refractivity contribution in [2.24, 2.45) is 0 Å². The lowest BCUT2D eigenvalue weighted by molar-refractivity contribution is -0.179. The zero-order valence-electron chi connectivity index (χ0n) is 19.6. The number of carbonyl (C=O) groups is 1. The third-order valence-electron chi connectivity index (χ3n) is 5.55. The molecule has 1 aliphatic rings. The van der Waals surface area contributed by atoms with E-state index in [1.165, 1.54) is 64.9 Å². The van der Waals surface area contributed by atoms with Crippen LogP contribution in [0.3, 0.4) is 0 Å². The standard InChI is InChI=1S/C26H46O4/c1-3-4-19-24(30-26-22-17-18-23-29-26)20-15-13-11-9-7-5-6-8-10-12-14-16-21-25(27)28-2/h10,12,15,20,24,26H,3-9,11,13-14,16-19,21-23H2,1-2H3/t24-,26?/m1/s1. The maximum absolute atomic E-state index is 11.0. The predicted molar refractivity (Wildman–Crippen MR) is 124 cm³/mol. The molecule has 0 bridgehead atoms. The lowest BCUT2D eigenvalue weighted by Crippen LogP contribution is -2.27. The van der Waals surface area contributed by atoms with Crippen molar-refractivity contribution in [1.29, 1.82) is 0 Å². The minimum Gasteiger partial charge on any atom is -0.469 e. The van der Waals surface area contributed by atoms with E-state index < -0.39 is 0 Å². The van der Waals surface area contributed by atoms with Gasteiger partial charge in [0.05, 0.1) is 13.2 Å². The first-order valence-corrected chi connectivity index (χ1v) is 12.4. The van der Waals surface area contributed by atoms with Gasteiger partial charge in [-0.25, -0.2) is 0 Å². The normalized spacial score (nSPS) is 18.3. The van der Waals surface area contributed by atoms with Crippen molar-refractivity contribution in [3.8, 4) is 0 Å². The number of carbonyl (C=O) groups excluding carboxylic acids is 1. The van der Waals surface area contributed by atoms with Crippen LogP contribution in [0, 0.1) is 0 Å². The van der Waals surface area contributed by atoms with Crippen LogP contribution in [0.15, 0.2) is 24.3 Å². The van der Waals surface area contributed by atoms with Crippen molar-refractivity contribution in [1.82, 2.24) is 0 Å². The van der Waals surface area contributed by atoms with Gasteiger partial charge < -0.3 is 14.2 Å². The molecule has 0 radical (unpaired) electrons. The van der Waals surface area contributed by atoms with Gasteiger partial charge in [0, 0.05) is 13.0 Å². The van der Waals surface area contributed by atoms with Gasteiger partial charge in [0.25, 0.3) is 0 Å². The monoisotopic (exact) mass is 422 g/mol. The van der Waals surface area contributed by atoms with E-state index in [1.807, 2.05) is 0 Å². The summed E-state index contributed by atoms with van der Waals surface area (Å²) < 4.78 is 16.6.